The highest BCUT2D eigenvalue weighted by molar-refractivity contribution is 4.89. The summed E-state index contributed by atoms with van der Waals surface area (Å²) in [6, 6.07) is 0. The first-order chi connectivity index (χ1) is 5.76. The van der Waals surface area contributed by atoms with E-state index in [0.717, 1.165) is 0 Å². The highest BCUT2D eigenvalue weighted by Crippen LogP contribution is 2.29. The lowest BCUT2D eigenvalue weighted by molar-refractivity contribution is -0.0663. The predicted molar refractivity (Wildman–Crippen MR) is 39.2 cm³/mol. The van der Waals surface area contributed by atoms with Gasteiger partial charge in [0.1, 0.15) is 13.0 Å². The van der Waals surface area contributed by atoms with E-state index in [1.165, 1.54) is 0 Å². The molecule has 2 saturated heterocycles. The Morgan fingerprint density at radius 2 is 2.50 bits per heavy atom. The SMILES string of the molecule is COCC1OCC2(O)COCN12. The zero-order valence-corrected chi connectivity index (χ0v) is 7.02. The van der Waals surface area contributed by atoms with Gasteiger partial charge in [0.25, 0.3) is 0 Å². The monoisotopic (exact) mass is 175 g/mol. The van der Waals surface area contributed by atoms with Crippen molar-refractivity contribution in [2.24, 2.45) is 0 Å². The van der Waals surface area contributed by atoms with Crippen LogP contribution >= 0.6 is 0 Å². The number of hydrogen-bond acceptors (Lipinski definition) is 5. The normalized spacial score (nSPS) is 42.0. The maximum absolute atomic E-state index is 9.85. The summed E-state index contributed by atoms with van der Waals surface area (Å²) in [5, 5.41) is 9.85. The van der Waals surface area contributed by atoms with E-state index in [9.17, 15) is 5.11 Å². The van der Waals surface area contributed by atoms with E-state index in [-0.39, 0.29) is 6.23 Å². The van der Waals surface area contributed by atoms with Crippen molar-refractivity contribution in [1.29, 1.82) is 0 Å². The van der Waals surface area contributed by atoms with Gasteiger partial charge >= 0.3 is 0 Å². The minimum absolute atomic E-state index is 0.164. The van der Waals surface area contributed by atoms with Crippen LogP contribution in [0.4, 0.5) is 0 Å². The fourth-order valence-corrected chi connectivity index (χ4v) is 1.59. The second kappa shape index (κ2) is 2.93. The highest BCUT2D eigenvalue weighted by atomic mass is 16.6. The second-order valence-electron chi connectivity index (χ2n) is 3.15. The fourth-order valence-electron chi connectivity index (χ4n) is 1.59. The number of nitrogens with zero attached hydrogens (tertiary/aromatic N) is 1. The van der Waals surface area contributed by atoms with Crippen LogP contribution in [0, 0.1) is 0 Å². The van der Waals surface area contributed by atoms with Crippen LogP contribution < -0.4 is 0 Å². The molecule has 0 bridgehead atoms. The van der Waals surface area contributed by atoms with Crippen LogP contribution in [0.5, 0.6) is 0 Å². The number of ether oxygens (including phenoxy) is 3. The zero-order chi connectivity index (χ0) is 8.60. The van der Waals surface area contributed by atoms with E-state index in [2.05, 4.69) is 0 Å². The average molecular weight is 175 g/mol. The molecule has 1 N–H and O–H groups in total. The lowest BCUT2D eigenvalue weighted by atomic mass is 10.2. The summed E-state index contributed by atoms with van der Waals surface area (Å²) in [6.45, 7) is 1.52. The van der Waals surface area contributed by atoms with Gasteiger partial charge in [0, 0.05) is 7.11 Å². The minimum atomic E-state index is -0.913. The van der Waals surface area contributed by atoms with Crippen LogP contribution in [0.3, 0.4) is 0 Å². The molecule has 2 heterocycles. The molecule has 0 amide bonds. The maximum Gasteiger partial charge on any atom is 0.169 e. The Morgan fingerprint density at radius 3 is 3.25 bits per heavy atom. The third-order valence-electron chi connectivity index (χ3n) is 2.26. The van der Waals surface area contributed by atoms with E-state index in [1.807, 2.05) is 0 Å². The lowest BCUT2D eigenvalue weighted by Gasteiger charge is -2.24. The van der Waals surface area contributed by atoms with Crippen LogP contribution in [-0.4, -0.2) is 55.6 Å². The summed E-state index contributed by atoms with van der Waals surface area (Å²) in [5.41, 5.74) is -0.913. The molecule has 5 nitrogen and oxygen atoms in total. The van der Waals surface area contributed by atoms with Gasteiger partial charge in [0.15, 0.2) is 5.72 Å². The van der Waals surface area contributed by atoms with E-state index >= 15 is 0 Å². The van der Waals surface area contributed by atoms with Gasteiger partial charge in [0.05, 0.1) is 19.8 Å². The molecule has 2 unspecified atom stereocenters. The molecule has 0 aromatic rings. The standard InChI is InChI=1S/C7H13NO4/c1-10-2-6-8-5-11-3-7(8,9)4-12-6/h6,9H,2-5H2,1H3. The maximum atomic E-state index is 9.85. The van der Waals surface area contributed by atoms with Crippen molar-refractivity contribution in [2.45, 2.75) is 12.0 Å². The summed E-state index contributed by atoms with van der Waals surface area (Å²) in [7, 11) is 1.61. The van der Waals surface area contributed by atoms with Crippen molar-refractivity contribution in [3.63, 3.8) is 0 Å². The van der Waals surface area contributed by atoms with E-state index in [4.69, 9.17) is 14.2 Å². The van der Waals surface area contributed by atoms with Crippen LogP contribution in [0.2, 0.25) is 0 Å². The largest absolute Gasteiger partial charge is 0.381 e. The van der Waals surface area contributed by atoms with Gasteiger partial charge < -0.3 is 19.3 Å². The average Bonchev–Trinajstić information content (AvgIpc) is 2.51. The van der Waals surface area contributed by atoms with E-state index in [1.54, 1.807) is 12.0 Å². The Balaban J connectivity index is 2.03. The lowest BCUT2D eigenvalue weighted by Crippen LogP contribution is -2.46. The summed E-state index contributed by atoms with van der Waals surface area (Å²) >= 11 is 0. The first-order valence-corrected chi connectivity index (χ1v) is 3.94. The molecule has 0 radical (unpaired) electrons. The predicted octanol–water partition coefficient (Wildman–Crippen LogP) is -1.03. The summed E-state index contributed by atoms with van der Waals surface area (Å²) in [5.74, 6) is 0. The Kier molecular flexibility index (Phi) is 2.05. The van der Waals surface area contributed by atoms with Crippen molar-refractivity contribution in [2.75, 3.05) is 33.7 Å². The van der Waals surface area contributed by atoms with Crippen molar-refractivity contribution in [1.82, 2.24) is 4.90 Å². The molecule has 0 aromatic carbocycles. The molecule has 0 spiro atoms. The molecule has 12 heavy (non-hydrogen) atoms. The van der Waals surface area contributed by atoms with Crippen molar-refractivity contribution in [3.8, 4) is 0 Å². The third kappa shape index (κ3) is 1.14. The topological polar surface area (TPSA) is 51.2 Å². The summed E-state index contributed by atoms with van der Waals surface area (Å²) < 4.78 is 15.4. The van der Waals surface area contributed by atoms with Crippen molar-refractivity contribution < 1.29 is 19.3 Å². The number of hydrogen-bond donors (Lipinski definition) is 1. The molecule has 2 rings (SSSR count). The molecule has 2 aliphatic rings. The zero-order valence-electron chi connectivity index (χ0n) is 7.02. The Labute approximate surface area is 70.8 Å². The molecule has 70 valence electrons. The molecule has 2 atom stereocenters. The number of fused-ring (bicyclic) bond motifs is 1. The van der Waals surface area contributed by atoms with Gasteiger partial charge in [0.2, 0.25) is 0 Å². The number of aliphatic hydroxyl groups is 1. The molecule has 2 aliphatic heterocycles. The Hall–Kier alpha value is -0.200. The van der Waals surface area contributed by atoms with Crippen LogP contribution in [0.25, 0.3) is 0 Å². The van der Waals surface area contributed by atoms with Crippen LogP contribution in [-0.2, 0) is 14.2 Å². The highest BCUT2D eigenvalue weighted by Gasteiger charge is 2.50. The van der Waals surface area contributed by atoms with Crippen LogP contribution in [0.1, 0.15) is 0 Å². The van der Waals surface area contributed by atoms with Gasteiger partial charge in [-0.25, -0.2) is 4.90 Å². The van der Waals surface area contributed by atoms with Gasteiger partial charge in [-0.15, -0.1) is 0 Å². The number of rotatable bonds is 2. The van der Waals surface area contributed by atoms with Crippen LogP contribution in [0.15, 0.2) is 0 Å². The third-order valence-corrected chi connectivity index (χ3v) is 2.26. The molecule has 2 fully saturated rings. The molecule has 0 aliphatic carbocycles. The summed E-state index contributed by atoms with van der Waals surface area (Å²) in [6.07, 6.45) is -0.164. The Bertz CT molecular complexity index is 177. The molecule has 5 heteroatoms. The molecular formula is C7H13NO4. The molecule has 0 saturated carbocycles. The fraction of sp³-hybridized carbons (Fsp3) is 1.00. The quantitative estimate of drug-likeness (QED) is 0.581. The first kappa shape index (κ1) is 8.40. The second-order valence-corrected chi connectivity index (χ2v) is 3.15. The van der Waals surface area contributed by atoms with Gasteiger partial charge in [-0.1, -0.05) is 0 Å². The molecule has 0 aromatic heterocycles. The van der Waals surface area contributed by atoms with Crippen molar-refractivity contribution in [3.05, 3.63) is 0 Å². The van der Waals surface area contributed by atoms with Gasteiger partial charge in [-0.3, -0.25) is 0 Å². The van der Waals surface area contributed by atoms with Gasteiger partial charge in [-0.2, -0.15) is 0 Å². The first-order valence-electron chi connectivity index (χ1n) is 3.94. The molecular weight excluding hydrogens is 162 g/mol. The van der Waals surface area contributed by atoms with Gasteiger partial charge in [-0.05, 0) is 0 Å². The van der Waals surface area contributed by atoms with Crippen molar-refractivity contribution >= 4 is 0 Å². The Morgan fingerprint density at radius 1 is 1.67 bits per heavy atom. The number of methoxy groups -OCH3 is 1. The summed E-state index contributed by atoms with van der Waals surface area (Å²) in [4.78, 5) is 1.77. The minimum Gasteiger partial charge on any atom is -0.381 e. The van der Waals surface area contributed by atoms with E-state index in [0.29, 0.717) is 26.6 Å². The smallest absolute Gasteiger partial charge is 0.169 e. The van der Waals surface area contributed by atoms with E-state index < -0.39 is 5.72 Å².